The Kier molecular flexibility index (Phi) is 5.67. The van der Waals surface area contributed by atoms with Gasteiger partial charge in [-0.15, -0.1) is 0 Å². The van der Waals surface area contributed by atoms with Gasteiger partial charge in [0.2, 0.25) is 5.91 Å². The summed E-state index contributed by atoms with van der Waals surface area (Å²) < 4.78 is 5.77. The highest BCUT2D eigenvalue weighted by Gasteiger charge is 2.03. The van der Waals surface area contributed by atoms with Crippen LogP contribution in [0.3, 0.4) is 0 Å². The van der Waals surface area contributed by atoms with Crippen LogP contribution in [0.4, 0.5) is 0 Å². The quantitative estimate of drug-likeness (QED) is 0.463. The lowest BCUT2D eigenvalue weighted by Crippen LogP contribution is -2.20. The van der Waals surface area contributed by atoms with Crippen LogP contribution in [-0.4, -0.2) is 15.9 Å². The van der Waals surface area contributed by atoms with E-state index in [0.29, 0.717) is 13.2 Å². The number of hydrogen-bond donors (Lipinski definition) is 2. The number of H-pyrrole nitrogens is 1. The van der Waals surface area contributed by atoms with Crippen LogP contribution in [-0.2, 0) is 17.9 Å². The standard InChI is InChI=1S/C24H21N3O2/c28-24(25-16-23-26-21-8-4-5-9-22(21)27-23)15-12-18-10-13-20(14-11-18)29-17-19-6-2-1-3-7-19/h1-15H,16-17H2,(H,25,28)(H,26,27)/b15-12+. The van der Waals surface area contributed by atoms with E-state index in [2.05, 4.69) is 15.3 Å². The number of nitrogens with zero attached hydrogens (tertiary/aromatic N) is 1. The van der Waals surface area contributed by atoms with Crippen molar-refractivity contribution < 1.29 is 9.53 Å². The molecule has 1 amide bonds. The summed E-state index contributed by atoms with van der Waals surface area (Å²) in [5.74, 6) is 1.35. The van der Waals surface area contributed by atoms with Crippen molar-refractivity contribution in [3.05, 3.63) is 102 Å². The van der Waals surface area contributed by atoms with Crippen molar-refractivity contribution in [1.29, 1.82) is 0 Å². The number of aromatic nitrogens is 2. The molecule has 1 aromatic heterocycles. The molecule has 2 N–H and O–H groups in total. The first kappa shape index (κ1) is 18.5. The zero-order chi connectivity index (χ0) is 19.9. The molecule has 5 heteroatoms. The summed E-state index contributed by atoms with van der Waals surface area (Å²) in [4.78, 5) is 19.7. The van der Waals surface area contributed by atoms with Crippen molar-refractivity contribution in [3.63, 3.8) is 0 Å². The highest BCUT2D eigenvalue weighted by molar-refractivity contribution is 5.91. The van der Waals surface area contributed by atoms with Gasteiger partial charge in [-0.1, -0.05) is 54.6 Å². The summed E-state index contributed by atoms with van der Waals surface area (Å²) in [5.41, 5.74) is 3.90. The van der Waals surface area contributed by atoms with Gasteiger partial charge in [-0.05, 0) is 41.5 Å². The summed E-state index contributed by atoms with van der Waals surface area (Å²) in [5, 5.41) is 2.84. The van der Waals surface area contributed by atoms with E-state index < -0.39 is 0 Å². The third-order valence-electron chi connectivity index (χ3n) is 4.42. The fourth-order valence-electron chi connectivity index (χ4n) is 2.91. The number of amides is 1. The molecule has 29 heavy (non-hydrogen) atoms. The zero-order valence-electron chi connectivity index (χ0n) is 15.8. The predicted octanol–water partition coefficient (Wildman–Crippen LogP) is 4.47. The van der Waals surface area contributed by atoms with Crippen molar-refractivity contribution in [3.8, 4) is 5.75 Å². The van der Waals surface area contributed by atoms with Gasteiger partial charge in [0.1, 0.15) is 18.2 Å². The normalized spacial score (nSPS) is 11.0. The van der Waals surface area contributed by atoms with Gasteiger partial charge in [-0.25, -0.2) is 4.98 Å². The van der Waals surface area contributed by atoms with Crippen LogP contribution >= 0.6 is 0 Å². The van der Waals surface area contributed by atoms with Gasteiger partial charge in [0.25, 0.3) is 0 Å². The van der Waals surface area contributed by atoms with Crippen LogP contribution < -0.4 is 10.1 Å². The first-order valence-corrected chi connectivity index (χ1v) is 9.42. The van der Waals surface area contributed by atoms with Crippen molar-refractivity contribution in [2.75, 3.05) is 0 Å². The molecule has 0 saturated carbocycles. The number of carbonyl (C=O) groups excluding carboxylic acids is 1. The Labute approximate surface area is 169 Å². The largest absolute Gasteiger partial charge is 0.489 e. The second-order valence-electron chi connectivity index (χ2n) is 6.60. The number of hydrogen-bond acceptors (Lipinski definition) is 3. The molecule has 0 aliphatic rings. The SMILES string of the molecule is O=C(/C=C/c1ccc(OCc2ccccc2)cc1)NCc1nc2ccccc2[nH]1. The van der Waals surface area contributed by atoms with Crippen molar-refractivity contribution in [1.82, 2.24) is 15.3 Å². The Morgan fingerprint density at radius 3 is 2.52 bits per heavy atom. The zero-order valence-corrected chi connectivity index (χ0v) is 15.8. The van der Waals surface area contributed by atoms with Crippen LogP contribution in [0.2, 0.25) is 0 Å². The molecule has 3 aromatic carbocycles. The third-order valence-corrected chi connectivity index (χ3v) is 4.42. The maximum Gasteiger partial charge on any atom is 0.244 e. The third kappa shape index (κ3) is 5.11. The maximum absolute atomic E-state index is 12.1. The summed E-state index contributed by atoms with van der Waals surface area (Å²) in [6.07, 6.45) is 3.29. The van der Waals surface area contributed by atoms with E-state index in [9.17, 15) is 4.79 Å². The predicted molar refractivity (Wildman–Crippen MR) is 114 cm³/mol. The summed E-state index contributed by atoms with van der Waals surface area (Å²) in [6.45, 7) is 0.879. The molecule has 0 spiro atoms. The number of ether oxygens (including phenoxy) is 1. The van der Waals surface area contributed by atoms with Gasteiger partial charge in [0, 0.05) is 6.08 Å². The number of rotatable bonds is 7. The molecule has 4 rings (SSSR count). The molecule has 0 aliphatic carbocycles. The number of para-hydroxylation sites is 2. The lowest BCUT2D eigenvalue weighted by atomic mass is 10.2. The van der Waals surface area contributed by atoms with Crippen molar-refractivity contribution >= 4 is 23.0 Å². The molecule has 0 saturated heterocycles. The second kappa shape index (κ2) is 8.89. The Balaban J connectivity index is 1.27. The summed E-state index contributed by atoms with van der Waals surface area (Å²) in [6, 6.07) is 25.4. The monoisotopic (exact) mass is 383 g/mol. The van der Waals surface area contributed by atoms with Gasteiger partial charge < -0.3 is 15.0 Å². The topological polar surface area (TPSA) is 67.0 Å². The van der Waals surface area contributed by atoms with Gasteiger partial charge in [0.15, 0.2) is 0 Å². The van der Waals surface area contributed by atoms with E-state index in [1.165, 1.54) is 6.08 Å². The minimum atomic E-state index is -0.171. The molecular weight excluding hydrogens is 362 g/mol. The fraction of sp³-hybridized carbons (Fsp3) is 0.0833. The van der Waals surface area contributed by atoms with Crippen LogP contribution in [0.5, 0.6) is 5.75 Å². The number of nitrogens with one attached hydrogen (secondary N) is 2. The minimum Gasteiger partial charge on any atom is -0.489 e. The van der Waals surface area contributed by atoms with Crippen molar-refractivity contribution in [2.45, 2.75) is 13.2 Å². The van der Waals surface area contributed by atoms with Gasteiger partial charge >= 0.3 is 0 Å². The first-order valence-electron chi connectivity index (χ1n) is 9.42. The first-order chi connectivity index (χ1) is 14.3. The van der Waals surface area contributed by atoms with E-state index in [4.69, 9.17) is 4.74 Å². The second-order valence-corrected chi connectivity index (χ2v) is 6.60. The van der Waals surface area contributed by atoms with Crippen LogP contribution in [0.1, 0.15) is 17.0 Å². The number of benzene rings is 3. The van der Waals surface area contributed by atoms with E-state index >= 15 is 0 Å². The molecule has 0 unspecified atom stereocenters. The number of aromatic amines is 1. The maximum atomic E-state index is 12.1. The summed E-state index contributed by atoms with van der Waals surface area (Å²) in [7, 11) is 0. The van der Waals surface area contributed by atoms with Crippen LogP contribution in [0, 0.1) is 0 Å². The Hall–Kier alpha value is -3.86. The van der Waals surface area contributed by atoms with E-state index in [1.807, 2.05) is 78.9 Å². The molecule has 0 bridgehead atoms. The molecule has 4 aromatic rings. The number of carbonyl (C=O) groups is 1. The number of imidazole rings is 1. The van der Waals surface area contributed by atoms with Crippen molar-refractivity contribution in [2.24, 2.45) is 0 Å². The van der Waals surface area contributed by atoms with E-state index in [0.717, 1.165) is 33.7 Å². The molecule has 0 radical (unpaired) electrons. The lowest BCUT2D eigenvalue weighted by molar-refractivity contribution is -0.116. The smallest absolute Gasteiger partial charge is 0.244 e. The summed E-state index contributed by atoms with van der Waals surface area (Å²) >= 11 is 0. The Morgan fingerprint density at radius 1 is 0.966 bits per heavy atom. The molecule has 0 atom stereocenters. The van der Waals surface area contributed by atoms with Gasteiger partial charge in [-0.2, -0.15) is 0 Å². The average Bonchev–Trinajstić information content (AvgIpc) is 3.19. The minimum absolute atomic E-state index is 0.171. The van der Waals surface area contributed by atoms with Gasteiger partial charge in [-0.3, -0.25) is 4.79 Å². The van der Waals surface area contributed by atoms with Crippen LogP contribution in [0.25, 0.3) is 17.1 Å². The molecule has 0 aliphatic heterocycles. The van der Waals surface area contributed by atoms with Crippen LogP contribution in [0.15, 0.2) is 84.9 Å². The van der Waals surface area contributed by atoms with Gasteiger partial charge in [0.05, 0.1) is 17.6 Å². The van der Waals surface area contributed by atoms with E-state index in [1.54, 1.807) is 6.08 Å². The van der Waals surface area contributed by atoms with E-state index in [-0.39, 0.29) is 5.91 Å². The average molecular weight is 383 g/mol. The molecule has 5 nitrogen and oxygen atoms in total. The molecular formula is C24H21N3O2. The molecule has 0 fully saturated rings. The molecule has 1 heterocycles. The lowest BCUT2D eigenvalue weighted by Gasteiger charge is -2.06. The molecule has 144 valence electrons. The Morgan fingerprint density at radius 2 is 1.72 bits per heavy atom. The fourth-order valence-corrected chi connectivity index (χ4v) is 2.91. The number of fused-ring (bicyclic) bond motifs is 1. The highest BCUT2D eigenvalue weighted by atomic mass is 16.5. The highest BCUT2D eigenvalue weighted by Crippen LogP contribution is 2.15. The Bertz CT molecular complexity index is 1080.